The molecule has 6 heteroatoms. The average molecular weight is 298 g/mol. The highest BCUT2D eigenvalue weighted by molar-refractivity contribution is 7.89. The van der Waals surface area contributed by atoms with E-state index in [0.717, 1.165) is 18.7 Å². The summed E-state index contributed by atoms with van der Waals surface area (Å²) in [5.41, 5.74) is 1.04. The molecule has 1 aromatic carbocycles. The van der Waals surface area contributed by atoms with Crippen molar-refractivity contribution < 1.29 is 13.2 Å². The molecule has 0 spiro atoms. The lowest BCUT2D eigenvalue weighted by Crippen LogP contribution is -2.41. The first-order valence-electron chi connectivity index (χ1n) is 6.84. The summed E-state index contributed by atoms with van der Waals surface area (Å²) in [5, 5.41) is 0. The van der Waals surface area contributed by atoms with E-state index in [0.29, 0.717) is 24.5 Å². The maximum Gasteiger partial charge on any atom is 0.240 e. The van der Waals surface area contributed by atoms with Gasteiger partial charge in [-0.3, -0.25) is 0 Å². The van der Waals surface area contributed by atoms with Gasteiger partial charge in [0.05, 0.1) is 17.6 Å². The van der Waals surface area contributed by atoms with E-state index in [4.69, 9.17) is 4.74 Å². The van der Waals surface area contributed by atoms with Gasteiger partial charge in [-0.2, -0.15) is 0 Å². The van der Waals surface area contributed by atoms with Crippen LogP contribution in [-0.4, -0.2) is 52.7 Å². The molecule has 1 unspecified atom stereocenters. The van der Waals surface area contributed by atoms with Crippen LogP contribution in [0.4, 0.5) is 0 Å². The van der Waals surface area contributed by atoms with Gasteiger partial charge in [-0.1, -0.05) is 17.7 Å². The molecular formula is C14H22N2O3S. The number of nitrogens with one attached hydrogen (secondary N) is 1. The number of hydrogen-bond donors (Lipinski definition) is 1. The van der Waals surface area contributed by atoms with Gasteiger partial charge in [0, 0.05) is 19.6 Å². The van der Waals surface area contributed by atoms with Gasteiger partial charge in [0.15, 0.2) is 0 Å². The predicted octanol–water partition coefficient (Wildman–Crippen LogP) is 0.994. The zero-order valence-corrected chi connectivity index (χ0v) is 12.8. The third kappa shape index (κ3) is 4.28. The molecule has 5 nitrogen and oxygen atoms in total. The van der Waals surface area contributed by atoms with Crippen molar-refractivity contribution in [2.24, 2.45) is 0 Å². The summed E-state index contributed by atoms with van der Waals surface area (Å²) in [4.78, 5) is 2.51. The first-order valence-corrected chi connectivity index (χ1v) is 8.32. The van der Waals surface area contributed by atoms with E-state index >= 15 is 0 Å². The Hall–Kier alpha value is -0.950. The lowest BCUT2D eigenvalue weighted by molar-refractivity contribution is -0.0222. The summed E-state index contributed by atoms with van der Waals surface area (Å²) in [5.74, 6) is 0. The van der Waals surface area contributed by atoms with Gasteiger partial charge in [-0.25, -0.2) is 13.1 Å². The minimum Gasteiger partial charge on any atom is -0.376 e. The standard InChI is InChI=1S/C14H22N2O3S/c1-12-3-5-14(6-4-12)20(17,18)15-8-7-13-11-16(2)9-10-19-13/h3-6,13,15H,7-11H2,1-2H3. The van der Waals surface area contributed by atoms with Crippen LogP contribution >= 0.6 is 0 Å². The number of morpholine rings is 1. The first kappa shape index (κ1) is 15.4. The van der Waals surface area contributed by atoms with Crippen LogP contribution in [0.1, 0.15) is 12.0 Å². The molecule has 20 heavy (non-hydrogen) atoms. The monoisotopic (exact) mass is 298 g/mol. The zero-order chi connectivity index (χ0) is 14.6. The Morgan fingerprint density at radius 1 is 1.35 bits per heavy atom. The molecule has 1 atom stereocenters. The fraction of sp³-hybridized carbons (Fsp3) is 0.571. The Morgan fingerprint density at radius 2 is 2.05 bits per heavy atom. The van der Waals surface area contributed by atoms with Crippen LogP contribution in [0, 0.1) is 6.92 Å². The van der Waals surface area contributed by atoms with Gasteiger partial charge in [0.25, 0.3) is 0 Å². The molecule has 1 N–H and O–H groups in total. The third-order valence-electron chi connectivity index (χ3n) is 3.43. The number of hydrogen-bond acceptors (Lipinski definition) is 4. The van der Waals surface area contributed by atoms with Gasteiger partial charge in [0.2, 0.25) is 10.0 Å². The molecule has 1 heterocycles. The van der Waals surface area contributed by atoms with E-state index in [1.165, 1.54) is 0 Å². The normalized spacial score (nSPS) is 21.0. The van der Waals surface area contributed by atoms with Crippen molar-refractivity contribution >= 4 is 10.0 Å². The Balaban J connectivity index is 1.85. The van der Waals surface area contributed by atoms with Crippen LogP contribution in [0.5, 0.6) is 0 Å². The molecule has 1 aliphatic heterocycles. The average Bonchev–Trinajstić information content (AvgIpc) is 2.39. The summed E-state index contributed by atoms with van der Waals surface area (Å²) >= 11 is 0. The molecule has 112 valence electrons. The smallest absolute Gasteiger partial charge is 0.240 e. The Labute approximate surface area is 121 Å². The quantitative estimate of drug-likeness (QED) is 0.881. The van der Waals surface area contributed by atoms with Crippen LogP contribution in [-0.2, 0) is 14.8 Å². The minimum absolute atomic E-state index is 0.106. The van der Waals surface area contributed by atoms with Crippen molar-refractivity contribution in [3.05, 3.63) is 29.8 Å². The molecule has 1 aromatic rings. The lowest BCUT2D eigenvalue weighted by Gasteiger charge is -2.30. The van der Waals surface area contributed by atoms with Gasteiger partial charge in [0.1, 0.15) is 0 Å². The minimum atomic E-state index is -3.41. The van der Waals surface area contributed by atoms with Crippen LogP contribution in [0.15, 0.2) is 29.2 Å². The number of aryl methyl sites for hydroxylation is 1. The topological polar surface area (TPSA) is 58.6 Å². The number of sulfonamides is 1. The van der Waals surface area contributed by atoms with E-state index < -0.39 is 10.0 Å². The fourth-order valence-corrected chi connectivity index (χ4v) is 3.24. The summed E-state index contributed by atoms with van der Waals surface area (Å²) in [6.07, 6.45) is 0.796. The summed E-state index contributed by atoms with van der Waals surface area (Å²) in [6, 6.07) is 6.85. The highest BCUT2D eigenvalue weighted by atomic mass is 32.2. The molecule has 1 aliphatic rings. The Kier molecular flexibility index (Phi) is 5.15. The molecule has 0 aromatic heterocycles. The number of nitrogens with zero attached hydrogens (tertiary/aromatic N) is 1. The lowest BCUT2D eigenvalue weighted by atomic mass is 10.2. The maximum atomic E-state index is 12.1. The molecule has 0 saturated carbocycles. The number of ether oxygens (including phenoxy) is 1. The van der Waals surface area contributed by atoms with E-state index in [9.17, 15) is 8.42 Å². The van der Waals surface area contributed by atoms with Gasteiger partial charge in [-0.05, 0) is 32.5 Å². The van der Waals surface area contributed by atoms with Crippen molar-refractivity contribution in [3.63, 3.8) is 0 Å². The number of rotatable bonds is 5. The second-order valence-electron chi connectivity index (χ2n) is 5.25. The molecule has 0 aliphatic carbocycles. The second-order valence-corrected chi connectivity index (χ2v) is 7.02. The SMILES string of the molecule is Cc1ccc(S(=O)(=O)NCCC2CN(C)CCO2)cc1. The van der Waals surface area contributed by atoms with Crippen LogP contribution in [0.2, 0.25) is 0 Å². The van der Waals surface area contributed by atoms with Crippen LogP contribution < -0.4 is 4.72 Å². The van der Waals surface area contributed by atoms with Gasteiger partial charge < -0.3 is 9.64 Å². The Bertz CT molecular complexity index is 528. The highest BCUT2D eigenvalue weighted by Crippen LogP contribution is 2.11. The molecular weight excluding hydrogens is 276 g/mol. The molecule has 0 bridgehead atoms. The van der Waals surface area contributed by atoms with Crippen molar-refractivity contribution in [1.82, 2.24) is 9.62 Å². The predicted molar refractivity (Wildman–Crippen MR) is 78.2 cm³/mol. The summed E-state index contributed by atoms with van der Waals surface area (Å²) in [6.45, 7) is 4.83. The highest BCUT2D eigenvalue weighted by Gasteiger charge is 2.19. The van der Waals surface area contributed by atoms with E-state index in [-0.39, 0.29) is 6.10 Å². The molecule has 0 radical (unpaired) electrons. The summed E-state index contributed by atoms with van der Waals surface area (Å²) in [7, 11) is -1.36. The molecule has 0 amide bonds. The molecule has 2 rings (SSSR count). The van der Waals surface area contributed by atoms with Crippen molar-refractivity contribution in [1.29, 1.82) is 0 Å². The zero-order valence-electron chi connectivity index (χ0n) is 12.0. The van der Waals surface area contributed by atoms with Crippen molar-refractivity contribution in [2.75, 3.05) is 33.3 Å². The number of benzene rings is 1. The maximum absolute atomic E-state index is 12.1. The van der Waals surface area contributed by atoms with Gasteiger partial charge >= 0.3 is 0 Å². The van der Waals surface area contributed by atoms with Crippen molar-refractivity contribution in [2.45, 2.75) is 24.3 Å². The van der Waals surface area contributed by atoms with Crippen molar-refractivity contribution in [3.8, 4) is 0 Å². The fourth-order valence-electron chi connectivity index (χ4n) is 2.20. The first-order chi connectivity index (χ1) is 9.47. The van der Waals surface area contributed by atoms with Crippen LogP contribution in [0.3, 0.4) is 0 Å². The van der Waals surface area contributed by atoms with E-state index in [1.54, 1.807) is 24.3 Å². The van der Waals surface area contributed by atoms with Gasteiger partial charge in [-0.15, -0.1) is 0 Å². The molecule has 1 fully saturated rings. The molecule has 1 saturated heterocycles. The second kappa shape index (κ2) is 6.67. The number of likely N-dealkylation sites (N-methyl/N-ethyl adjacent to an activating group) is 1. The Morgan fingerprint density at radius 3 is 2.70 bits per heavy atom. The third-order valence-corrected chi connectivity index (χ3v) is 4.91. The van der Waals surface area contributed by atoms with E-state index in [2.05, 4.69) is 9.62 Å². The van der Waals surface area contributed by atoms with E-state index in [1.807, 2.05) is 14.0 Å². The largest absolute Gasteiger partial charge is 0.376 e. The van der Waals surface area contributed by atoms with Crippen LogP contribution in [0.25, 0.3) is 0 Å². The summed E-state index contributed by atoms with van der Waals surface area (Å²) < 4.78 is 32.4.